The van der Waals surface area contributed by atoms with Crippen LogP contribution in [0.25, 0.3) is 0 Å². The molecule has 0 aliphatic carbocycles. The van der Waals surface area contributed by atoms with Crippen LogP contribution in [-0.2, 0) is 24.3 Å². The molecule has 0 N–H and O–H groups in total. The van der Waals surface area contributed by atoms with Gasteiger partial charge in [-0.25, -0.2) is 8.42 Å². The van der Waals surface area contributed by atoms with Crippen LogP contribution in [0.3, 0.4) is 0 Å². The summed E-state index contributed by atoms with van der Waals surface area (Å²) in [6.45, 7) is 1.71. The molecule has 0 aromatic heterocycles. The van der Waals surface area contributed by atoms with Gasteiger partial charge in [-0.05, 0) is 12.1 Å². The minimum Gasteiger partial charge on any atom is -0.494 e. The summed E-state index contributed by atoms with van der Waals surface area (Å²) in [5.41, 5.74) is 0. The highest BCUT2D eigenvalue weighted by molar-refractivity contribution is 7.89. The Morgan fingerprint density at radius 3 is 2.42 bits per heavy atom. The maximum absolute atomic E-state index is 12.7. The van der Waals surface area contributed by atoms with Gasteiger partial charge in [-0.1, -0.05) is 23.7 Å². The minimum absolute atomic E-state index is 0.0816. The first-order valence-electron chi connectivity index (χ1n) is 7.48. The molecule has 2 aliphatic heterocycles. The normalized spacial score (nSPS) is 19.2. The van der Waals surface area contributed by atoms with Crippen LogP contribution >= 0.6 is 11.6 Å². The van der Waals surface area contributed by atoms with Crippen molar-refractivity contribution >= 4 is 27.5 Å². The number of halogens is 1. The van der Waals surface area contributed by atoms with Crippen molar-refractivity contribution in [3.05, 3.63) is 41.3 Å². The summed E-state index contributed by atoms with van der Waals surface area (Å²) in [7, 11) is -3.67. The summed E-state index contributed by atoms with van der Waals surface area (Å²) in [6.07, 6.45) is 1.30. The Balaban J connectivity index is 1.68. The quantitative estimate of drug-likeness (QED) is 0.793. The van der Waals surface area contributed by atoms with Crippen molar-refractivity contribution < 1.29 is 22.7 Å². The molecule has 7 nitrogen and oxygen atoms in total. The largest absolute Gasteiger partial charge is 0.494 e. The number of amides is 1. The van der Waals surface area contributed by atoms with Crippen molar-refractivity contribution in [1.82, 2.24) is 9.21 Å². The van der Waals surface area contributed by atoms with Crippen molar-refractivity contribution in [1.29, 1.82) is 0 Å². The predicted molar refractivity (Wildman–Crippen MR) is 86.8 cm³/mol. The summed E-state index contributed by atoms with van der Waals surface area (Å²) in [5, 5.41) is 0.189. The van der Waals surface area contributed by atoms with E-state index in [4.69, 9.17) is 21.1 Å². The fourth-order valence-electron chi connectivity index (χ4n) is 2.56. The van der Waals surface area contributed by atoms with Crippen LogP contribution < -0.4 is 0 Å². The molecule has 9 heteroatoms. The van der Waals surface area contributed by atoms with E-state index in [1.807, 2.05) is 0 Å². The lowest BCUT2D eigenvalue weighted by Crippen LogP contribution is -2.51. The van der Waals surface area contributed by atoms with E-state index >= 15 is 0 Å². The van der Waals surface area contributed by atoms with Crippen molar-refractivity contribution in [3.8, 4) is 0 Å². The molecule has 0 saturated carbocycles. The van der Waals surface area contributed by atoms with Gasteiger partial charge in [-0.15, -0.1) is 0 Å². The number of nitrogens with zero attached hydrogens (tertiary/aromatic N) is 2. The lowest BCUT2D eigenvalue weighted by molar-refractivity contribution is -0.133. The predicted octanol–water partition coefficient (Wildman–Crippen LogP) is 1.06. The van der Waals surface area contributed by atoms with Crippen molar-refractivity contribution in [2.24, 2.45) is 0 Å². The Labute approximate surface area is 145 Å². The van der Waals surface area contributed by atoms with E-state index in [1.165, 1.54) is 16.6 Å². The number of carbonyl (C=O) groups is 1. The number of carbonyl (C=O) groups excluding carboxylic acids is 1. The maximum atomic E-state index is 12.7. The molecule has 130 valence electrons. The van der Waals surface area contributed by atoms with Crippen LogP contribution in [0.1, 0.15) is 0 Å². The molecular weight excluding hydrogens is 356 g/mol. The minimum atomic E-state index is -3.67. The zero-order chi connectivity index (χ0) is 17.2. The summed E-state index contributed by atoms with van der Waals surface area (Å²) < 4.78 is 37.0. The SMILES string of the molecule is O=C(C1=COCCO1)N1CCN(S(=O)(=O)c2ccccc2Cl)CC1. The van der Waals surface area contributed by atoms with Crippen LogP contribution in [-0.4, -0.2) is 62.9 Å². The van der Waals surface area contributed by atoms with Gasteiger partial charge in [-0.3, -0.25) is 4.79 Å². The first kappa shape index (κ1) is 17.1. The Morgan fingerprint density at radius 1 is 1.08 bits per heavy atom. The highest BCUT2D eigenvalue weighted by atomic mass is 35.5. The molecule has 0 spiro atoms. The van der Waals surface area contributed by atoms with E-state index in [-0.39, 0.29) is 47.8 Å². The average Bonchev–Trinajstić information content (AvgIpc) is 2.62. The number of sulfonamides is 1. The number of ether oxygens (including phenoxy) is 2. The first-order chi connectivity index (χ1) is 11.5. The number of benzene rings is 1. The highest BCUT2D eigenvalue weighted by Crippen LogP contribution is 2.25. The molecule has 0 radical (unpaired) electrons. The molecule has 1 amide bonds. The van der Waals surface area contributed by atoms with E-state index in [0.717, 1.165) is 0 Å². The second-order valence-corrected chi connectivity index (χ2v) is 7.64. The molecule has 2 heterocycles. The van der Waals surface area contributed by atoms with Crippen molar-refractivity contribution in [2.75, 3.05) is 39.4 Å². The van der Waals surface area contributed by atoms with Gasteiger partial charge in [0.25, 0.3) is 5.91 Å². The topological polar surface area (TPSA) is 76.2 Å². The zero-order valence-electron chi connectivity index (χ0n) is 12.9. The monoisotopic (exact) mass is 372 g/mol. The van der Waals surface area contributed by atoms with Gasteiger partial charge < -0.3 is 14.4 Å². The second-order valence-electron chi connectivity index (χ2n) is 5.33. The molecule has 3 rings (SSSR count). The van der Waals surface area contributed by atoms with Gasteiger partial charge in [0.1, 0.15) is 24.4 Å². The molecule has 1 aromatic rings. The maximum Gasteiger partial charge on any atom is 0.292 e. The molecular formula is C15H17ClN2O5S. The Kier molecular flexibility index (Phi) is 4.98. The third kappa shape index (κ3) is 3.35. The fourth-order valence-corrected chi connectivity index (χ4v) is 4.48. The van der Waals surface area contributed by atoms with Crippen molar-refractivity contribution in [3.63, 3.8) is 0 Å². The number of rotatable bonds is 3. The van der Waals surface area contributed by atoms with Crippen LogP contribution in [0.15, 0.2) is 41.2 Å². The molecule has 1 fully saturated rings. The molecule has 1 saturated heterocycles. The van der Waals surface area contributed by atoms with Crippen LogP contribution in [0.2, 0.25) is 5.02 Å². The first-order valence-corrected chi connectivity index (χ1v) is 9.30. The summed E-state index contributed by atoms with van der Waals surface area (Å²) >= 11 is 6.00. The van der Waals surface area contributed by atoms with Crippen LogP contribution in [0.4, 0.5) is 0 Å². The highest BCUT2D eigenvalue weighted by Gasteiger charge is 2.32. The van der Waals surface area contributed by atoms with E-state index in [1.54, 1.807) is 23.1 Å². The summed E-state index contributed by atoms with van der Waals surface area (Å²) in [5.74, 6) is -0.131. The van der Waals surface area contributed by atoms with E-state index in [2.05, 4.69) is 0 Å². The molecule has 1 aromatic carbocycles. The summed E-state index contributed by atoms with van der Waals surface area (Å²) in [4.78, 5) is 13.9. The number of hydrogen-bond donors (Lipinski definition) is 0. The standard InChI is InChI=1S/C15H17ClN2O5S/c16-12-3-1-2-4-14(12)24(20,21)18-7-5-17(6-8-18)15(19)13-11-22-9-10-23-13/h1-4,11H,5-10H2. The lowest BCUT2D eigenvalue weighted by Gasteiger charge is -2.34. The Bertz CT molecular complexity index is 757. The van der Waals surface area contributed by atoms with E-state index in [9.17, 15) is 13.2 Å². The second kappa shape index (κ2) is 7.00. The molecule has 0 atom stereocenters. The third-order valence-corrected chi connectivity index (χ3v) is 6.24. The van der Waals surface area contributed by atoms with Crippen molar-refractivity contribution in [2.45, 2.75) is 4.90 Å². The van der Waals surface area contributed by atoms with Gasteiger partial charge in [-0.2, -0.15) is 4.31 Å². The third-order valence-electron chi connectivity index (χ3n) is 3.84. The van der Waals surface area contributed by atoms with Gasteiger partial charge in [0.15, 0.2) is 0 Å². The van der Waals surface area contributed by atoms with E-state index in [0.29, 0.717) is 13.2 Å². The average molecular weight is 373 g/mol. The molecule has 2 aliphatic rings. The number of piperazine rings is 1. The van der Waals surface area contributed by atoms with Gasteiger partial charge in [0.2, 0.25) is 15.8 Å². The summed E-state index contributed by atoms with van der Waals surface area (Å²) in [6, 6.07) is 6.33. The van der Waals surface area contributed by atoms with Gasteiger partial charge >= 0.3 is 0 Å². The van der Waals surface area contributed by atoms with Crippen LogP contribution in [0, 0.1) is 0 Å². The lowest BCUT2D eigenvalue weighted by atomic mass is 10.3. The van der Waals surface area contributed by atoms with Gasteiger partial charge in [0.05, 0.1) is 5.02 Å². The van der Waals surface area contributed by atoms with Gasteiger partial charge in [0, 0.05) is 26.2 Å². The Hall–Kier alpha value is -1.77. The molecule has 0 unspecified atom stereocenters. The Morgan fingerprint density at radius 2 is 1.79 bits per heavy atom. The van der Waals surface area contributed by atoms with E-state index < -0.39 is 10.0 Å². The number of hydrogen-bond acceptors (Lipinski definition) is 5. The smallest absolute Gasteiger partial charge is 0.292 e. The van der Waals surface area contributed by atoms with Crippen LogP contribution in [0.5, 0.6) is 0 Å². The molecule has 0 bridgehead atoms. The fraction of sp³-hybridized carbons (Fsp3) is 0.400. The zero-order valence-corrected chi connectivity index (χ0v) is 14.4. The molecule has 24 heavy (non-hydrogen) atoms.